The molecular weight excluding hydrogens is 124 g/mol. The SMILES string of the molecule is C=C1CN(CC)C(C)N1C. The van der Waals surface area contributed by atoms with E-state index in [4.69, 9.17) is 0 Å². The molecule has 1 aliphatic rings. The molecule has 1 aliphatic heterocycles. The van der Waals surface area contributed by atoms with E-state index in [1.807, 2.05) is 0 Å². The largest absolute Gasteiger partial charge is 0.362 e. The van der Waals surface area contributed by atoms with Crippen LogP contribution in [0.2, 0.25) is 0 Å². The molecule has 10 heavy (non-hydrogen) atoms. The van der Waals surface area contributed by atoms with Crippen molar-refractivity contribution in [3.05, 3.63) is 12.3 Å². The molecule has 2 nitrogen and oxygen atoms in total. The molecule has 0 aromatic heterocycles. The molecule has 0 spiro atoms. The zero-order valence-corrected chi connectivity index (χ0v) is 7.09. The lowest BCUT2D eigenvalue weighted by Crippen LogP contribution is -2.33. The van der Waals surface area contributed by atoms with Gasteiger partial charge < -0.3 is 4.90 Å². The number of likely N-dealkylation sites (N-methyl/N-ethyl adjacent to an activating group) is 2. The summed E-state index contributed by atoms with van der Waals surface area (Å²) in [7, 11) is 2.10. The zero-order chi connectivity index (χ0) is 7.72. The van der Waals surface area contributed by atoms with Gasteiger partial charge in [-0.05, 0) is 13.5 Å². The summed E-state index contributed by atoms with van der Waals surface area (Å²) in [6.45, 7) is 10.5. The van der Waals surface area contributed by atoms with Gasteiger partial charge in [-0.3, -0.25) is 4.90 Å². The van der Waals surface area contributed by atoms with Crippen LogP contribution in [-0.4, -0.2) is 36.1 Å². The summed E-state index contributed by atoms with van der Waals surface area (Å²) in [6, 6.07) is 0. The summed E-state index contributed by atoms with van der Waals surface area (Å²) in [4.78, 5) is 4.62. The van der Waals surface area contributed by atoms with Gasteiger partial charge >= 0.3 is 0 Å². The van der Waals surface area contributed by atoms with Gasteiger partial charge in [-0.2, -0.15) is 0 Å². The first-order valence-electron chi connectivity index (χ1n) is 3.81. The average Bonchev–Trinajstić information content (AvgIpc) is 2.17. The highest BCUT2D eigenvalue weighted by Crippen LogP contribution is 2.18. The second-order valence-electron chi connectivity index (χ2n) is 2.87. The van der Waals surface area contributed by atoms with E-state index in [1.165, 1.54) is 5.70 Å². The lowest BCUT2D eigenvalue weighted by molar-refractivity contribution is 0.190. The van der Waals surface area contributed by atoms with E-state index in [-0.39, 0.29) is 0 Å². The van der Waals surface area contributed by atoms with Crippen molar-refractivity contribution in [2.24, 2.45) is 0 Å². The third kappa shape index (κ3) is 1.03. The fraction of sp³-hybridized carbons (Fsp3) is 0.750. The molecule has 0 bridgehead atoms. The first-order valence-corrected chi connectivity index (χ1v) is 3.81. The highest BCUT2D eigenvalue weighted by molar-refractivity contribution is 5.03. The molecule has 0 aromatic rings. The molecule has 0 amide bonds. The molecule has 1 rings (SSSR count). The average molecular weight is 140 g/mol. The second-order valence-corrected chi connectivity index (χ2v) is 2.87. The molecule has 1 unspecified atom stereocenters. The Bertz CT molecular complexity index is 142. The van der Waals surface area contributed by atoms with Crippen molar-refractivity contribution in [2.45, 2.75) is 20.0 Å². The van der Waals surface area contributed by atoms with E-state index in [0.717, 1.165) is 13.1 Å². The van der Waals surface area contributed by atoms with Crippen molar-refractivity contribution in [3.8, 4) is 0 Å². The summed E-state index contributed by atoms with van der Waals surface area (Å²) < 4.78 is 0. The Morgan fingerprint density at radius 1 is 1.70 bits per heavy atom. The lowest BCUT2D eigenvalue weighted by atomic mass is 10.5. The summed E-state index contributed by atoms with van der Waals surface area (Å²) in [5.74, 6) is 0. The van der Waals surface area contributed by atoms with E-state index in [9.17, 15) is 0 Å². The van der Waals surface area contributed by atoms with Crippen molar-refractivity contribution in [2.75, 3.05) is 20.1 Å². The molecule has 1 atom stereocenters. The maximum atomic E-state index is 3.97. The van der Waals surface area contributed by atoms with Gasteiger partial charge in [-0.25, -0.2) is 0 Å². The van der Waals surface area contributed by atoms with Crippen molar-refractivity contribution < 1.29 is 0 Å². The van der Waals surface area contributed by atoms with Crippen LogP contribution in [0.5, 0.6) is 0 Å². The van der Waals surface area contributed by atoms with Crippen molar-refractivity contribution in [1.82, 2.24) is 9.80 Å². The van der Waals surface area contributed by atoms with Crippen LogP contribution in [0.4, 0.5) is 0 Å². The van der Waals surface area contributed by atoms with E-state index >= 15 is 0 Å². The molecular formula is C8H16N2. The Labute approximate surface area is 63.1 Å². The van der Waals surface area contributed by atoms with Crippen LogP contribution in [0.15, 0.2) is 12.3 Å². The Morgan fingerprint density at radius 3 is 2.50 bits per heavy atom. The van der Waals surface area contributed by atoms with Gasteiger partial charge in [-0.15, -0.1) is 0 Å². The quantitative estimate of drug-likeness (QED) is 0.538. The monoisotopic (exact) mass is 140 g/mol. The fourth-order valence-corrected chi connectivity index (χ4v) is 1.36. The molecule has 0 N–H and O–H groups in total. The van der Waals surface area contributed by atoms with Gasteiger partial charge in [0, 0.05) is 19.3 Å². The molecule has 0 saturated carbocycles. The Balaban J connectivity index is 2.61. The highest BCUT2D eigenvalue weighted by Gasteiger charge is 2.25. The number of hydrogen-bond acceptors (Lipinski definition) is 2. The summed E-state index contributed by atoms with van der Waals surface area (Å²) in [5.41, 5.74) is 1.23. The van der Waals surface area contributed by atoms with Crippen molar-refractivity contribution in [1.29, 1.82) is 0 Å². The van der Waals surface area contributed by atoms with Gasteiger partial charge in [-0.1, -0.05) is 13.5 Å². The third-order valence-corrected chi connectivity index (χ3v) is 2.38. The van der Waals surface area contributed by atoms with Crippen LogP contribution >= 0.6 is 0 Å². The molecule has 1 saturated heterocycles. The molecule has 0 aromatic carbocycles. The zero-order valence-electron chi connectivity index (χ0n) is 7.09. The molecule has 1 fully saturated rings. The minimum atomic E-state index is 0.539. The Morgan fingerprint density at radius 2 is 2.30 bits per heavy atom. The number of rotatable bonds is 1. The first-order chi connectivity index (χ1) is 4.66. The van der Waals surface area contributed by atoms with E-state index in [0.29, 0.717) is 6.17 Å². The summed E-state index contributed by atoms with van der Waals surface area (Å²) >= 11 is 0. The van der Waals surface area contributed by atoms with Crippen LogP contribution in [0, 0.1) is 0 Å². The lowest BCUT2D eigenvalue weighted by Gasteiger charge is -2.23. The Hall–Kier alpha value is -0.500. The summed E-state index contributed by atoms with van der Waals surface area (Å²) in [5, 5.41) is 0. The normalized spacial score (nSPS) is 28.1. The van der Waals surface area contributed by atoms with Gasteiger partial charge in [0.05, 0.1) is 6.17 Å². The summed E-state index contributed by atoms with van der Waals surface area (Å²) in [6.07, 6.45) is 0.539. The molecule has 2 heteroatoms. The molecule has 0 aliphatic carbocycles. The molecule has 58 valence electrons. The minimum absolute atomic E-state index is 0.539. The van der Waals surface area contributed by atoms with E-state index in [2.05, 4.69) is 37.3 Å². The smallest absolute Gasteiger partial charge is 0.0789 e. The Kier molecular flexibility index (Phi) is 2.00. The van der Waals surface area contributed by atoms with Crippen LogP contribution in [-0.2, 0) is 0 Å². The van der Waals surface area contributed by atoms with Crippen LogP contribution in [0.3, 0.4) is 0 Å². The number of hydrogen-bond donors (Lipinski definition) is 0. The van der Waals surface area contributed by atoms with Crippen LogP contribution < -0.4 is 0 Å². The van der Waals surface area contributed by atoms with Crippen LogP contribution in [0.1, 0.15) is 13.8 Å². The third-order valence-electron chi connectivity index (χ3n) is 2.38. The number of nitrogens with zero attached hydrogens (tertiary/aromatic N) is 2. The first kappa shape index (κ1) is 7.61. The van der Waals surface area contributed by atoms with Crippen molar-refractivity contribution >= 4 is 0 Å². The maximum absolute atomic E-state index is 3.97. The predicted octanol–water partition coefficient (Wildman–Crippen LogP) is 1.11. The van der Waals surface area contributed by atoms with Gasteiger partial charge in [0.2, 0.25) is 0 Å². The predicted molar refractivity (Wildman–Crippen MR) is 43.6 cm³/mol. The fourth-order valence-electron chi connectivity index (χ4n) is 1.36. The highest BCUT2D eigenvalue weighted by atomic mass is 15.4. The molecule has 0 radical (unpaired) electrons. The molecule has 1 heterocycles. The maximum Gasteiger partial charge on any atom is 0.0789 e. The van der Waals surface area contributed by atoms with Crippen LogP contribution in [0.25, 0.3) is 0 Å². The standard InChI is InChI=1S/C8H16N2/c1-5-10-6-7(2)9(4)8(10)3/h8H,2,5-6H2,1,3-4H3. The minimum Gasteiger partial charge on any atom is -0.362 e. The van der Waals surface area contributed by atoms with Gasteiger partial charge in [0.1, 0.15) is 0 Å². The topological polar surface area (TPSA) is 6.48 Å². The van der Waals surface area contributed by atoms with Crippen molar-refractivity contribution in [3.63, 3.8) is 0 Å². The van der Waals surface area contributed by atoms with Gasteiger partial charge in [0.25, 0.3) is 0 Å². The van der Waals surface area contributed by atoms with E-state index < -0.39 is 0 Å². The van der Waals surface area contributed by atoms with Gasteiger partial charge in [0.15, 0.2) is 0 Å². The second kappa shape index (κ2) is 2.62. The van der Waals surface area contributed by atoms with E-state index in [1.54, 1.807) is 0 Å².